The van der Waals surface area contributed by atoms with Crippen LogP contribution >= 0.6 is 0 Å². The molecule has 5 heteroatoms. The van der Waals surface area contributed by atoms with Crippen LogP contribution in [0.4, 0.5) is 0 Å². The Hall–Kier alpha value is -1.36. The zero-order valence-electron chi connectivity index (χ0n) is 13.6. The van der Waals surface area contributed by atoms with E-state index in [1.165, 1.54) is 25.5 Å². The Morgan fingerprint density at radius 1 is 1.32 bits per heavy atom. The number of methoxy groups -OCH3 is 1. The maximum atomic E-state index is 12.6. The number of nitrogens with zero attached hydrogens (tertiary/aromatic N) is 2. The highest BCUT2D eigenvalue weighted by Gasteiger charge is 2.33. The van der Waals surface area contributed by atoms with Crippen molar-refractivity contribution in [2.45, 2.75) is 63.4 Å². The molecule has 1 aromatic heterocycles. The van der Waals surface area contributed by atoms with Gasteiger partial charge in [-0.15, -0.1) is 0 Å². The van der Waals surface area contributed by atoms with Gasteiger partial charge in [0.1, 0.15) is 6.26 Å². The van der Waals surface area contributed by atoms with Gasteiger partial charge in [-0.05, 0) is 32.6 Å². The molecule has 22 heavy (non-hydrogen) atoms. The second kappa shape index (κ2) is 6.41. The Morgan fingerprint density at radius 2 is 2.00 bits per heavy atom. The lowest BCUT2D eigenvalue weighted by Gasteiger charge is -2.38. The Balaban J connectivity index is 1.62. The number of rotatable bonds is 3. The predicted molar refractivity (Wildman–Crippen MR) is 82.9 cm³/mol. The summed E-state index contributed by atoms with van der Waals surface area (Å²) in [5.41, 5.74) is 0.356. The van der Waals surface area contributed by atoms with Crippen molar-refractivity contribution in [1.82, 2.24) is 9.88 Å². The zero-order chi connectivity index (χ0) is 15.6. The van der Waals surface area contributed by atoms with E-state index in [1.54, 1.807) is 7.11 Å². The summed E-state index contributed by atoms with van der Waals surface area (Å²) in [6, 6.07) is 0. The van der Waals surface area contributed by atoms with Crippen LogP contribution in [-0.4, -0.2) is 41.6 Å². The molecule has 1 amide bonds. The molecule has 122 valence electrons. The number of piperidine rings is 1. The zero-order valence-corrected chi connectivity index (χ0v) is 13.6. The van der Waals surface area contributed by atoms with Crippen LogP contribution < -0.4 is 0 Å². The number of carbonyl (C=O) groups is 1. The second-order valence-corrected chi connectivity index (χ2v) is 6.85. The first-order valence-corrected chi connectivity index (χ1v) is 8.41. The molecular weight excluding hydrogens is 280 g/mol. The van der Waals surface area contributed by atoms with Crippen LogP contribution in [0.3, 0.4) is 0 Å². The Labute approximate surface area is 132 Å². The van der Waals surface area contributed by atoms with Crippen LogP contribution in [0.2, 0.25) is 0 Å². The van der Waals surface area contributed by atoms with E-state index < -0.39 is 0 Å². The Kier molecular flexibility index (Phi) is 4.52. The molecule has 0 unspecified atom stereocenters. The van der Waals surface area contributed by atoms with Gasteiger partial charge >= 0.3 is 0 Å². The fraction of sp³-hybridized carbons (Fsp3) is 0.765. The van der Waals surface area contributed by atoms with Gasteiger partial charge in [0.05, 0.1) is 5.60 Å². The van der Waals surface area contributed by atoms with Gasteiger partial charge in [0.15, 0.2) is 11.6 Å². The average Bonchev–Trinajstić information content (AvgIpc) is 3.06. The van der Waals surface area contributed by atoms with Crippen molar-refractivity contribution in [2.75, 3.05) is 20.2 Å². The molecule has 0 bridgehead atoms. The number of oxazole rings is 1. The van der Waals surface area contributed by atoms with E-state index in [1.807, 2.05) is 4.90 Å². The SMILES string of the molecule is COC1(C)CCN(C(=O)c2coc(C3CCCCC3)n2)CC1. The number of carbonyl (C=O) groups excluding carboxylic acids is 1. The fourth-order valence-electron chi connectivity index (χ4n) is 3.47. The number of ether oxygens (including phenoxy) is 1. The molecule has 1 saturated carbocycles. The largest absolute Gasteiger partial charge is 0.448 e. The van der Waals surface area contributed by atoms with Crippen LogP contribution in [-0.2, 0) is 4.74 Å². The molecule has 3 rings (SSSR count). The topological polar surface area (TPSA) is 55.6 Å². The molecule has 2 heterocycles. The van der Waals surface area contributed by atoms with Gasteiger partial charge in [-0.25, -0.2) is 4.98 Å². The minimum atomic E-state index is -0.103. The molecule has 2 fully saturated rings. The summed E-state index contributed by atoms with van der Waals surface area (Å²) < 4.78 is 11.1. The fourth-order valence-corrected chi connectivity index (χ4v) is 3.47. The van der Waals surface area contributed by atoms with E-state index in [2.05, 4.69) is 11.9 Å². The van der Waals surface area contributed by atoms with Crippen molar-refractivity contribution in [3.63, 3.8) is 0 Å². The van der Waals surface area contributed by atoms with Gasteiger partial charge in [-0.1, -0.05) is 19.3 Å². The number of aromatic nitrogens is 1. The van der Waals surface area contributed by atoms with E-state index >= 15 is 0 Å². The van der Waals surface area contributed by atoms with E-state index in [4.69, 9.17) is 9.15 Å². The summed E-state index contributed by atoms with van der Waals surface area (Å²) in [4.78, 5) is 18.9. The normalized spacial score (nSPS) is 22.7. The van der Waals surface area contributed by atoms with Crippen molar-refractivity contribution >= 4 is 5.91 Å². The Morgan fingerprint density at radius 3 is 2.64 bits per heavy atom. The lowest BCUT2D eigenvalue weighted by atomic mass is 9.89. The van der Waals surface area contributed by atoms with Gasteiger partial charge in [-0.3, -0.25) is 4.79 Å². The summed E-state index contributed by atoms with van der Waals surface area (Å²) >= 11 is 0. The summed E-state index contributed by atoms with van der Waals surface area (Å²) in [7, 11) is 1.74. The first kappa shape index (κ1) is 15.5. The molecule has 0 aromatic carbocycles. The minimum Gasteiger partial charge on any atom is -0.448 e. The molecular formula is C17H26N2O3. The summed E-state index contributed by atoms with van der Waals surface area (Å²) in [5.74, 6) is 1.14. The lowest BCUT2D eigenvalue weighted by Crippen LogP contribution is -2.46. The third kappa shape index (κ3) is 3.19. The third-order valence-corrected chi connectivity index (χ3v) is 5.30. The maximum Gasteiger partial charge on any atom is 0.275 e. The first-order valence-electron chi connectivity index (χ1n) is 8.41. The van der Waals surface area contributed by atoms with Gasteiger partial charge in [-0.2, -0.15) is 0 Å². The highest BCUT2D eigenvalue weighted by Crippen LogP contribution is 2.32. The molecule has 0 spiro atoms. The molecule has 1 aliphatic carbocycles. The summed E-state index contributed by atoms with van der Waals surface area (Å²) in [5, 5.41) is 0. The molecule has 1 aromatic rings. The monoisotopic (exact) mass is 306 g/mol. The van der Waals surface area contributed by atoms with Gasteiger partial charge < -0.3 is 14.1 Å². The lowest BCUT2D eigenvalue weighted by molar-refractivity contribution is -0.0380. The van der Waals surface area contributed by atoms with E-state index in [0.717, 1.165) is 44.7 Å². The summed E-state index contributed by atoms with van der Waals surface area (Å²) in [6.45, 7) is 3.54. The third-order valence-electron chi connectivity index (χ3n) is 5.30. The average molecular weight is 306 g/mol. The first-order chi connectivity index (χ1) is 10.6. The van der Waals surface area contributed by atoms with Gasteiger partial charge in [0.25, 0.3) is 5.91 Å². The highest BCUT2D eigenvalue weighted by atomic mass is 16.5. The van der Waals surface area contributed by atoms with Crippen LogP contribution in [0.25, 0.3) is 0 Å². The standard InChI is InChI=1S/C17H26N2O3/c1-17(21-2)8-10-19(11-9-17)16(20)14-12-22-15(18-14)13-6-4-3-5-7-13/h12-13H,3-11H2,1-2H3. The van der Waals surface area contributed by atoms with Gasteiger partial charge in [0, 0.05) is 26.1 Å². The van der Waals surface area contributed by atoms with Crippen LogP contribution in [0.5, 0.6) is 0 Å². The van der Waals surface area contributed by atoms with Gasteiger partial charge in [0.2, 0.25) is 0 Å². The van der Waals surface area contributed by atoms with Crippen molar-refractivity contribution in [1.29, 1.82) is 0 Å². The van der Waals surface area contributed by atoms with Crippen molar-refractivity contribution in [3.8, 4) is 0 Å². The predicted octanol–water partition coefficient (Wildman–Crippen LogP) is 3.36. The van der Waals surface area contributed by atoms with E-state index in [0.29, 0.717) is 11.6 Å². The Bertz CT molecular complexity index is 512. The van der Waals surface area contributed by atoms with Crippen LogP contribution in [0.15, 0.2) is 10.7 Å². The molecule has 1 aliphatic heterocycles. The molecule has 5 nitrogen and oxygen atoms in total. The minimum absolute atomic E-state index is 0.0102. The molecule has 0 radical (unpaired) electrons. The number of hydrogen-bond acceptors (Lipinski definition) is 4. The van der Waals surface area contributed by atoms with Crippen LogP contribution in [0, 0.1) is 0 Å². The smallest absolute Gasteiger partial charge is 0.275 e. The van der Waals surface area contributed by atoms with E-state index in [-0.39, 0.29) is 11.5 Å². The highest BCUT2D eigenvalue weighted by molar-refractivity contribution is 5.92. The molecule has 0 atom stereocenters. The van der Waals surface area contributed by atoms with Crippen molar-refractivity contribution in [2.24, 2.45) is 0 Å². The summed E-state index contributed by atoms with van der Waals surface area (Å²) in [6.07, 6.45) is 9.29. The molecule has 0 N–H and O–H groups in total. The number of likely N-dealkylation sites (tertiary alicyclic amines) is 1. The molecule has 2 aliphatic rings. The maximum absolute atomic E-state index is 12.6. The number of amides is 1. The van der Waals surface area contributed by atoms with Crippen molar-refractivity contribution < 1.29 is 13.9 Å². The van der Waals surface area contributed by atoms with E-state index in [9.17, 15) is 4.79 Å². The number of hydrogen-bond donors (Lipinski definition) is 0. The second-order valence-electron chi connectivity index (χ2n) is 6.85. The quantitative estimate of drug-likeness (QED) is 0.859. The van der Waals surface area contributed by atoms with Crippen molar-refractivity contribution in [3.05, 3.63) is 17.8 Å². The molecule has 1 saturated heterocycles. The van der Waals surface area contributed by atoms with Crippen LogP contribution in [0.1, 0.15) is 74.2 Å².